The standard InChI is InChI=1S/C14H25NO3/c1-10-9-11(14(16)17)7-8-15(10)12-3-5-13(18-2)6-4-12/h10-13H,3-9H2,1-2H3,(H,16,17). The fourth-order valence-electron chi connectivity index (χ4n) is 3.57. The number of aliphatic carboxylic acids is 1. The van der Waals surface area contributed by atoms with Gasteiger partial charge in [-0.25, -0.2) is 0 Å². The highest BCUT2D eigenvalue weighted by molar-refractivity contribution is 5.70. The molecule has 1 aliphatic heterocycles. The van der Waals surface area contributed by atoms with Gasteiger partial charge in [0.25, 0.3) is 0 Å². The molecule has 0 aromatic heterocycles. The molecule has 1 aliphatic carbocycles. The molecule has 1 saturated carbocycles. The van der Waals surface area contributed by atoms with Crippen LogP contribution in [0.25, 0.3) is 0 Å². The number of ether oxygens (including phenoxy) is 1. The topological polar surface area (TPSA) is 49.8 Å². The Morgan fingerprint density at radius 3 is 2.39 bits per heavy atom. The number of carboxylic acids is 1. The average Bonchev–Trinajstić information content (AvgIpc) is 2.38. The quantitative estimate of drug-likeness (QED) is 0.839. The van der Waals surface area contributed by atoms with Crippen molar-refractivity contribution in [2.45, 2.75) is 63.6 Å². The molecule has 1 N–H and O–H groups in total. The zero-order chi connectivity index (χ0) is 13.1. The monoisotopic (exact) mass is 255 g/mol. The maximum atomic E-state index is 11.0. The van der Waals surface area contributed by atoms with E-state index in [0.29, 0.717) is 18.2 Å². The predicted molar refractivity (Wildman–Crippen MR) is 69.6 cm³/mol. The number of carbonyl (C=O) groups is 1. The molecule has 2 fully saturated rings. The summed E-state index contributed by atoms with van der Waals surface area (Å²) in [5.41, 5.74) is 0. The molecular formula is C14H25NO3. The molecule has 104 valence electrons. The van der Waals surface area contributed by atoms with Gasteiger partial charge in [0.05, 0.1) is 12.0 Å². The van der Waals surface area contributed by atoms with E-state index >= 15 is 0 Å². The third-order valence-corrected chi connectivity index (χ3v) is 4.72. The van der Waals surface area contributed by atoms with Crippen molar-refractivity contribution in [3.8, 4) is 0 Å². The van der Waals surface area contributed by atoms with Gasteiger partial charge in [-0.2, -0.15) is 0 Å². The summed E-state index contributed by atoms with van der Waals surface area (Å²) >= 11 is 0. The van der Waals surface area contributed by atoms with Crippen molar-refractivity contribution in [2.24, 2.45) is 5.92 Å². The van der Waals surface area contributed by atoms with Crippen LogP contribution in [0.4, 0.5) is 0 Å². The molecule has 2 rings (SSSR count). The third-order valence-electron chi connectivity index (χ3n) is 4.72. The van der Waals surface area contributed by atoms with Crippen LogP contribution in [0.15, 0.2) is 0 Å². The highest BCUT2D eigenvalue weighted by atomic mass is 16.5. The second-order valence-corrected chi connectivity index (χ2v) is 5.81. The SMILES string of the molecule is COC1CCC(N2CCC(C(=O)O)CC2C)CC1. The van der Waals surface area contributed by atoms with E-state index in [1.165, 1.54) is 12.8 Å². The number of hydrogen-bond acceptors (Lipinski definition) is 3. The number of likely N-dealkylation sites (tertiary alicyclic amines) is 1. The fourth-order valence-corrected chi connectivity index (χ4v) is 3.57. The van der Waals surface area contributed by atoms with Gasteiger partial charge in [0.15, 0.2) is 0 Å². The number of carboxylic acid groups (broad SMARTS) is 1. The summed E-state index contributed by atoms with van der Waals surface area (Å²) < 4.78 is 5.41. The molecule has 0 aromatic rings. The second kappa shape index (κ2) is 6.02. The Morgan fingerprint density at radius 2 is 1.89 bits per heavy atom. The summed E-state index contributed by atoms with van der Waals surface area (Å²) in [6, 6.07) is 1.05. The number of hydrogen-bond donors (Lipinski definition) is 1. The fraction of sp³-hybridized carbons (Fsp3) is 0.929. The number of rotatable bonds is 3. The molecule has 1 heterocycles. The molecule has 0 radical (unpaired) electrons. The van der Waals surface area contributed by atoms with Crippen LogP contribution < -0.4 is 0 Å². The first kappa shape index (κ1) is 13.8. The Kier molecular flexibility index (Phi) is 4.62. The highest BCUT2D eigenvalue weighted by Crippen LogP contribution is 2.31. The van der Waals surface area contributed by atoms with E-state index < -0.39 is 5.97 Å². The lowest BCUT2D eigenvalue weighted by Gasteiger charge is -2.44. The first-order chi connectivity index (χ1) is 8.61. The second-order valence-electron chi connectivity index (χ2n) is 5.81. The van der Waals surface area contributed by atoms with Crippen molar-refractivity contribution in [3.05, 3.63) is 0 Å². The molecule has 1 saturated heterocycles. The lowest BCUT2D eigenvalue weighted by molar-refractivity contribution is -0.144. The minimum absolute atomic E-state index is 0.133. The molecule has 4 heteroatoms. The Balaban J connectivity index is 1.85. The van der Waals surface area contributed by atoms with Gasteiger partial charge in [-0.15, -0.1) is 0 Å². The van der Waals surface area contributed by atoms with E-state index in [1.54, 1.807) is 7.11 Å². The molecule has 0 aromatic carbocycles. The van der Waals surface area contributed by atoms with Crippen LogP contribution in [0, 0.1) is 5.92 Å². The molecule has 2 atom stereocenters. The van der Waals surface area contributed by atoms with Crippen molar-refractivity contribution >= 4 is 5.97 Å². The summed E-state index contributed by atoms with van der Waals surface area (Å²) in [4.78, 5) is 13.6. The van der Waals surface area contributed by atoms with E-state index in [-0.39, 0.29) is 5.92 Å². The Morgan fingerprint density at radius 1 is 1.22 bits per heavy atom. The van der Waals surface area contributed by atoms with Crippen molar-refractivity contribution in [1.29, 1.82) is 0 Å². The maximum Gasteiger partial charge on any atom is 0.306 e. The number of methoxy groups -OCH3 is 1. The van der Waals surface area contributed by atoms with E-state index in [1.807, 2.05) is 0 Å². The molecule has 0 bridgehead atoms. The van der Waals surface area contributed by atoms with Gasteiger partial charge in [-0.1, -0.05) is 0 Å². The van der Waals surface area contributed by atoms with Gasteiger partial charge < -0.3 is 9.84 Å². The minimum Gasteiger partial charge on any atom is -0.481 e. The number of nitrogens with zero attached hydrogens (tertiary/aromatic N) is 1. The molecular weight excluding hydrogens is 230 g/mol. The zero-order valence-electron chi connectivity index (χ0n) is 11.5. The minimum atomic E-state index is -0.621. The molecule has 0 amide bonds. The lowest BCUT2D eigenvalue weighted by atomic mass is 9.86. The van der Waals surface area contributed by atoms with Gasteiger partial charge in [-0.3, -0.25) is 9.69 Å². The smallest absolute Gasteiger partial charge is 0.306 e. The zero-order valence-corrected chi connectivity index (χ0v) is 11.5. The van der Waals surface area contributed by atoms with Crippen molar-refractivity contribution in [1.82, 2.24) is 4.90 Å². The van der Waals surface area contributed by atoms with Gasteiger partial charge in [0.2, 0.25) is 0 Å². The molecule has 18 heavy (non-hydrogen) atoms. The Bertz CT molecular complexity index is 287. The largest absolute Gasteiger partial charge is 0.481 e. The Hall–Kier alpha value is -0.610. The lowest BCUT2D eigenvalue weighted by Crippen LogP contribution is -2.49. The van der Waals surface area contributed by atoms with Gasteiger partial charge >= 0.3 is 5.97 Å². The van der Waals surface area contributed by atoms with E-state index in [0.717, 1.165) is 32.2 Å². The van der Waals surface area contributed by atoms with Crippen LogP contribution >= 0.6 is 0 Å². The van der Waals surface area contributed by atoms with Crippen LogP contribution in [-0.2, 0) is 9.53 Å². The van der Waals surface area contributed by atoms with E-state index in [9.17, 15) is 4.79 Å². The highest BCUT2D eigenvalue weighted by Gasteiger charge is 2.34. The van der Waals surface area contributed by atoms with E-state index in [2.05, 4.69) is 11.8 Å². The molecule has 2 aliphatic rings. The predicted octanol–water partition coefficient (Wildman–Crippen LogP) is 2.13. The van der Waals surface area contributed by atoms with Crippen molar-refractivity contribution < 1.29 is 14.6 Å². The summed E-state index contributed by atoms with van der Waals surface area (Å²) in [5, 5.41) is 9.08. The van der Waals surface area contributed by atoms with Crippen LogP contribution in [0.3, 0.4) is 0 Å². The van der Waals surface area contributed by atoms with Gasteiger partial charge in [0.1, 0.15) is 0 Å². The first-order valence-corrected chi connectivity index (χ1v) is 7.13. The summed E-state index contributed by atoms with van der Waals surface area (Å²) in [5.74, 6) is -0.754. The maximum absolute atomic E-state index is 11.0. The van der Waals surface area contributed by atoms with Gasteiger partial charge in [0, 0.05) is 19.2 Å². The summed E-state index contributed by atoms with van der Waals surface area (Å²) in [6.07, 6.45) is 6.73. The van der Waals surface area contributed by atoms with Crippen LogP contribution in [0.2, 0.25) is 0 Å². The summed E-state index contributed by atoms with van der Waals surface area (Å²) in [7, 11) is 1.80. The third kappa shape index (κ3) is 3.04. The van der Waals surface area contributed by atoms with Crippen LogP contribution in [0.5, 0.6) is 0 Å². The Labute approximate surface area is 109 Å². The molecule has 2 unspecified atom stereocenters. The number of piperidine rings is 1. The molecule has 4 nitrogen and oxygen atoms in total. The average molecular weight is 255 g/mol. The molecule has 0 spiro atoms. The van der Waals surface area contributed by atoms with Crippen LogP contribution in [0.1, 0.15) is 45.4 Å². The van der Waals surface area contributed by atoms with E-state index in [4.69, 9.17) is 9.84 Å². The summed E-state index contributed by atoms with van der Waals surface area (Å²) in [6.45, 7) is 3.12. The van der Waals surface area contributed by atoms with Gasteiger partial charge in [-0.05, 0) is 52.0 Å². The normalized spacial score (nSPS) is 38.6. The van der Waals surface area contributed by atoms with Crippen LogP contribution in [-0.4, -0.2) is 47.8 Å². The first-order valence-electron chi connectivity index (χ1n) is 7.13. The van der Waals surface area contributed by atoms with Crippen molar-refractivity contribution in [3.63, 3.8) is 0 Å². The van der Waals surface area contributed by atoms with Crippen molar-refractivity contribution in [2.75, 3.05) is 13.7 Å².